The van der Waals surface area contributed by atoms with Crippen LogP contribution in [0.25, 0.3) is 0 Å². The molecule has 7 heavy (non-hydrogen) atoms. The molecule has 0 N–H and O–H groups in total. The van der Waals surface area contributed by atoms with E-state index < -0.39 is 0 Å². The van der Waals surface area contributed by atoms with Gasteiger partial charge < -0.3 is 0 Å². The van der Waals surface area contributed by atoms with Gasteiger partial charge in [-0.25, -0.2) is 0 Å². The van der Waals surface area contributed by atoms with Crippen molar-refractivity contribution in [1.82, 2.24) is 0 Å². The average molecular weight is 213 g/mol. The van der Waals surface area contributed by atoms with Crippen LogP contribution >= 0.6 is 0 Å². The van der Waals surface area contributed by atoms with Crippen LogP contribution in [0.4, 0.5) is 0 Å². The van der Waals surface area contributed by atoms with Crippen molar-refractivity contribution in [2.45, 2.75) is 13.3 Å². The predicted octanol–water partition coefficient (Wildman–Crippen LogP) is -1.44. The zero-order valence-corrected chi connectivity index (χ0v) is 6.64. The second kappa shape index (κ2) is 6.27. The standard InChI is InChI=1S/C5H10IO/c1-3-5-6-7-4-2/h4H,2-3,5H2,1H3/q-1. The van der Waals surface area contributed by atoms with Crippen molar-refractivity contribution in [3.05, 3.63) is 12.8 Å². The van der Waals surface area contributed by atoms with Crippen molar-refractivity contribution < 1.29 is 24.7 Å². The summed E-state index contributed by atoms with van der Waals surface area (Å²) in [6, 6.07) is 0. The number of hydrogen-bond acceptors (Lipinski definition) is 1. The van der Waals surface area contributed by atoms with E-state index >= 15 is 0 Å². The molecule has 0 fully saturated rings. The molecule has 2 heteroatoms. The van der Waals surface area contributed by atoms with Gasteiger partial charge in [-0.05, 0) is 0 Å². The van der Waals surface area contributed by atoms with Gasteiger partial charge in [-0.15, -0.1) is 0 Å². The zero-order valence-electron chi connectivity index (χ0n) is 4.48. The van der Waals surface area contributed by atoms with Crippen molar-refractivity contribution in [3.8, 4) is 0 Å². The Bertz CT molecular complexity index is 45.3. The molecule has 0 atom stereocenters. The van der Waals surface area contributed by atoms with E-state index in [1.54, 1.807) is 0 Å². The van der Waals surface area contributed by atoms with Crippen LogP contribution in [-0.2, 0) is 3.07 Å². The summed E-state index contributed by atoms with van der Waals surface area (Å²) in [7, 11) is 0. The summed E-state index contributed by atoms with van der Waals surface area (Å²) < 4.78 is 6.19. The van der Waals surface area contributed by atoms with E-state index in [4.69, 9.17) is 3.07 Å². The first-order chi connectivity index (χ1) is 3.41. The van der Waals surface area contributed by atoms with Crippen LogP contribution < -0.4 is 21.6 Å². The molecule has 0 aromatic rings. The summed E-state index contributed by atoms with van der Waals surface area (Å²) in [6.45, 7) is 5.60. The quantitative estimate of drug-likeness (QED) is 0.240. The Morgan fingerprint density at radius 3 is 3.00 bits per heavy atom. The fourth-order valence-corrected chi connectivity index (χ4v) is 1.12. The Labute approximate surface area is 55.6 Å². The number of hydrogen-bond donors (Lipinski definition) is 0. The molecule has 0 aliphatic rings. The van der Waals surface area contributed by atoms with Gasteiger partial charge in [0.2, 0.25) is 0 Å². The number of halogens is 1. The molecular formula is C5H10IO-. The fraction of sp³-hybridized carbons (Fsp3) is 0.600. The van der Waals surface area contributed by atoms with Gasteiger partial charge in [0.15, 0.2) is 0 Å². The van der Waals surface area contributed by atoms with E-state index in [-0.39, 0.29) is 21.6 Å². The third-order valence-corrected chi connectivity index (χ3v) is 2.63. The van der Waals surface area contributed by atoms with E-state index in [1.165, 1.54) is 17.1 Å². The first kappa shape index (κ1) is 7.27. The molecule has 0 spiro atoms. The maximum absolute atomic E-state index is 4.95. The molecule has 0 heterocycles. The summed E-state index contributed by atoms with van der Waals surface area (Å²) in [5, 5.41) is 0. The monoisotopic (exact) mass is 213 g/mol. The number of alkyl halides is 1. The SMILES string of the molecule is C=CO[I-]CCC. The van der Waals surface area contributed by atoms with E-state index in [0.717, 1.165) is 0 Å². The van der Waals surface area contributed by atoms with Crippen LogP contribution in [0.5, 0.6) is 0 Å². The third kappa shape index (κ3) is 6.27. The molecule has 44 valence electrons. The molecule has 1 nitrogen and oxygen atoms in total. The summed E-state index contributed by atoms with van der Waals surface area (Å²) in [5.41, 5.74) is 0. The molecule has 0 aromatic heterocycles. The van der Waals surface area contributed by atoms with Gasteiger partial charge >= 0.3 is 55.3 Å². The summed E-state index contributed by atoms with van der Waals surface area (Å²) >= 11 is 0.00667. The minimum absolute atomic E-state index is 0.00667. The van der Waals surface area contributed by atoms with Gasteiger partial charge in [0, 0.05) is 0 Å². The van der Waals surface area contributed by atoms with Crippen LogP contribution in [0.3, 0.4) is 0 Å². The molecule has 0 bridgehead atoms. The van der Waals surface area contributed by atoms with Gasteiger partial charge in [0.1, 0.15) is 0 Å². The van der Waals surface area contributed by atoms with Gasteiger partial charge in [-0.3, -0.25) is 0 Å². The average Bonchev–Trinajstić information content (AvgIpc) is 1.69. The molecule has 0 saturated carbocycles. The molecule has 0 aromatic carbocycles. The third-order valence-electron chi connectivity index (χ3n) is 0.392. The summed E-state index contributed by atoms with van der Waals surface area (Å²) in [6.07, 6.45) is 2.77. The van der Waals surface area contributed by atoms with Gasteiger partial charge in [-0.2, -0.15) is 0 Å². The van der Waals surface area contributed by atoms with Crippen molar-refractivity contribution in [2.24, 2.45) is 0 Å². The Morgan fingerprint density at radius 1 is 1.86 bits per heavy atom. The number of rotatable bonds is 4. The second-order valence-corrected chi connectivity index (χ2v) is 3.26. The summed E-state index contributed by atoms with van der Waals surface area (Å²) in [4.78, 5) is 0. The van der Waals surface area contributed by atoms with Crippen molar-refractivity contribution in [2.75, 3.05) is 4.43 Å². The van der Waals surface area contributed by atoms with Gasteiger partial charge in [0.05, 0.1) is 0 Å². The molecule has 0 aliphatic carbocycles. The van der Waals surface area contributed by atoms with Crippen LogP contribution in [0.15, 0.2) is 12.8 Å². The molecule has 0 saturated heterocycles. The van der Waals surface area contributed by atoms with Crippen LogP contribution in [0.1, 0.15) is 13.3 Å². The molecule has 0 amide bonds. The molecular weight excluding hydrogens is 203 g/mol. The molecule has 0 unspecified atom stereocenters. The van der Waals surface area contributed by atoms with E-state index in [0.29, 0.717) is 0 Å². The van der Waals surface area contributed by atoms with E-state index in [2.05, 4.69) is 13.5 Å². The molecule has 0 radical (unpaired) electrons. The van der Waals surface area contributed by atoms with E-state index in [1.807, 2.05) is 0 Å². The van der Waals surface area contributed by atoms with Crippen molar-refractivity contribution in [3.63, 3.8) is 0 Å². The van der Waals surface area contributed by atoms with Crippen LogP contribution in [0.2, 0.25) is 0 Å². The zero-order chi connectivity index (χ0) is 5.54. The van der Waals surface area contributed by atoms with Gasteiger partial charge in [-0.1, -0.05) is 0 Å². The van der Waals surface area contributed by atoms with Crippen LogP contribution in [-0.4, -0.2) is 4.43 Å². The van der Waals surface area contributed by atoms with Crippen LogP contribution in [0, 0.1) is 0 Å². The Hall–Kier alpha value is 0.270. The fourth-order valence-electron chi connectivity index (χ4n) is 0.166. The predicted molar refractivity (Wildman–Crippen MR) is 26.4 cm³/mol. The normalized spacial score (nSPS) is 8.71. The first-order valence-corrected chi connectivity index (χ1v) is 4.68. The Morgan fingerprint density at radius 2 is 2.57 bits per heavy atom. The van der Waals surface area contributed by atoms with E-state index in [9.17, 15) is 0 Å². The van der Waals surface area contributed by atoms with Gasteiger partial charge in [0.25, 0.3) is 0 Å². The maximum atomic E-state index is 4.95. The Kier molecular flexibility index (Phi) is 6.51. The first-order valence-electron chi connectivity index (χ1n) is 2.27. The van der Waals surface area contributed by atoms with Crippen molar-refractivity contribution >= 4 is 0 Å². The molecule has 0 aliphatic heterocycles. The minimum atomic E-state index is 0.00667. The second-order valence-electron chi connectivity index (χ2n) is 1.05. The van der Waals surface area contributed by atoms with Crippen molar-refractivity contribution in [1.29, 1.82) is 0 Å². The topological polar surface area (TPSA) is 9.23 Å². The Balaban J connectivity index is 2.56. The summed E-state index contributed by atoms with van der Waals surface area (Å²) in [5.74, 6) is 0. The molecule has 0 rings (SSSR count).